The number of carboxylic acids is 1. The SMILES string of the molecule is CC1(C(=O)N2C[C@H](O)C[C@@H]2C(=O)O)COCC1NC(=O)OCC1c2ccccc2-c2ccccc21. The number of aliphatic hydroxyl groups excluding tert-OH is 1. The molecule has 2 saturated heterocycles. The molecule has 1 aliphatic carbocycles. The van der Waals surface area contributed by atoms with Gasteiger partial charge >= 0.3 is 12.1 Å². The Balaban J connectivity index is 1.26. The van der Waals surface area contributed by atoms with Crippen LogP contribution in [0.25, 0.3) is 11.1 Å². The van der Waals surface area contributed by atoms with Crippen LogP contribution in [0, 0.1) is 5.41 Å². The number of ether oxygens (including phenoxy) is 2. The fourth-order valence-corrected chi connectivity index (χ4v) is 5.47. The molecule has 0 spiro atoms. The van der Waals surface area contributed by atoms with E-state index >= 15 is 0 Å². The summed E-state index contributed by atoms with van der Waals surface area (Å²) >= 11 is 0. The van der Waals surface area contributed by atoms with Crippen molar-refractivity contribution in [2.45, 2.75) is 37.5 Å². The zero-order valence-corrected chi connectivity index (χ0v) is 19.3. The number of amides is 2. The molecule has 3 N–H and O–H groups in total. The van der Waals surface area contributed by atoms with Crippen LogP contribution in [0.4, 0.5) is 4.79 Å². The van der Waals surface area contributed by atoms with E-state index in [1.807, 2.05) is 36.4 Å². The summed E-state index contributed by atoms with van der Waals surface area (Å²) in [6, 6.07) is 14.3. The van der Waals surface area contributed by atoms with Gasteiger partial charge in [0.05, 0.1) is 30.8 Å². The fourth-order valence-electron chi connectivity index (χ4n) is 5.47. The van der Waals surface area contributed by atoms with Crippen LogP contribution in [0.3, 0.4) is 0 Å². The predicted octanol–water partition coefficient (Wildman–Crippen LogP) is 1.98. The maximum Gasteiger partial charge on any atom is 0.407 e. The second kappa shape index (κ2) is 8.98. The Morgan fingerprint density at radius 3 is 2.37 bits per heavy atom. The molecular formula is C26H28N2O7. The number of carboxylic acid groups (broad SMARTS) is 1. The lowest BCUT2D eigenvalue weighted by atomic mass is 9.83. The predicted molar refractivity (Wildman–Crippen MR) is 125 cm³/mol. The number of hydrogen-bond acceptors (Lipinski definition) is 6. The van der Waals surface area contributed by atoms with Gasteiger partial charge in [-0.15, -0.1) is 0 Å². The van der Waals surface area contributed by atoms with E-state index < -0.39 is 41.6 Å². The maximum absolute atomic E-state index is 13.3. The first-order valence-corrected chi connectivity index (χ1v) is 11.7. The van der Waals surface area contributed by atoms with Crippen LogP contribution in [-0.4, -0.2) is 77.6 Å². The first-order chi connectivity index (χ1) is 16.8. The molecule has 2 heterocycles. The molecule has 5 rings (SSSR count). The maximum atomic E-state index is 13.3. The van der Waals surface area contributed by atoms with Crippen molar-refractivity contribution in [1.29, 1.82) is 0 Å². The number of β-amino-alcohol motifs (C(OH)–C–C–N with tert-alkyl or cyclic N) is 1. The van der Waals surface area contributed by atoms with E-state index in [2.05, 4.69) is 17.4 Å². The molecule has 9 heteroatoms. The third-order valence-electron chi connectivity index (χ3n) is 7.40. The molecular weight excluding hydrogens is 452 g/mol. The molecule has 184 valence electrons. The number of nitrogens with zero attached hydrogens (tertiary/aromatic N) is 1. The average Bonchev–Trinajstić information content (AvgIpc) is 3.51. The number of rotatable bonds is 5. The fraction of sp³-hybridized carbons (Fsp3) is 0.423. The largest absolute Gasteiger partial charge is 0.480 e. The minimum absolute atomic E-state index is 0.0253. The van der Waals surface area contributed by atoms with E-state index in [9.17, 15) is 24.6 Å². The van der Waals surface area contributed by atoms with Gasteiger partial charge in [-0.25, -0.2) is 9.59 Å². The van der Waals surface area contributed by atoms with Gasteiger partial charge in [-0.3, -0.25) is 4.79 Å². The van der Waals surface area contributed by atoms with E-state index in [1.54, 1.807) is 6.92 Å². The summed E-state index contributed by atoms with van der Waals surface area (Å²) in [7, 11) is 0. The lowest BCUT2D eigenvalue weighted by molar-refractivity contribution is -0.153. The van der Waals surface area contributed by atoms with Crippen LogP contribution in [0.1, 0.15) is 30.4 Å². The molecule has 2 unspecified atom stereocenters. The van der Waals surface area contributed by atoms with Crippen LogP contribution >= 0.6 is 0 Å². The van der Waals surface area contributed by atoms with Crippen molar-refractivity contribution in [2.75, 3.05) is 26.4 Å². The van der Waals surface area contributed by atoms with E-state index in [0.29, 0.717) is 0 Å². The van der Waals surface area contributed by atoms with Crippen molar-refractivity contribution in [2.24, 2.45) is 5.41 Å². The van der Waals surface area contributed by atoms with Gasteiger partial charge in [-0.05, 0) is 29.2 Å². The van der Waals surface area contributed by atoms with Crippen LogP contribution in [-0.2, 0) is 19.1 Å². The summed E-state index contributed by atoms with van der Waals surface area (Å²) in [5, 5.41) is 22.2. The molecule has 2 aliphatic heterocycles. The summed E-state index contributed by atoms with van der Waals surface area (Å²) in [5.74, 6) is -1.73. The quantitative estimate of drug-likeness (QED) is 0.598. The molecule has 35 heavy (non-hydrogen) atoms. The van der Waals surface area contributed by atoms with Crippen molar-refractivity contribution in [1.82, 2.24) is 10.2 Å². The number of nitrogens with one attached hydrogen (secondary N) is 1. The smallest absolute Gasteiger partial charge is 0.407 e. The number of aliphatic hydroxyl groups is 1. The van der Waals surface area contributed by atoms with Gasteiger partial charge < -0.3 is 29.9 Å². The van der Waals surface area contributed by atoms with Crippen LogP contribution < -0.4 is 5.32 Å². The molecule has 0 aromatic heterocycles. The Kier molecular flexibility index (Phi) is 5.98. The van der Waals surface area contributed by atoms with Crippen molar-refractivity contribution in [3.63, 3.8) is 0 Å². The standard InChI is InChI=1S/C26H28N2O7/c1-26(24(32)28-11-15(29)10-21(28)23(30)31)14-34-13-22(26)27-25(33)35-12-20-18-8-4-2-6-16(18)17-7-3-5-9-19(17)20/h2-9,15,20-22,29H,10-14H2,1H3,(H,27,33)(H,30,31)/t15-,21-,22?,26?/m1/s1. The normalized spacial score (nSPS) is 27.4. The van der Waals surface area contributed by atoms with E-state index in [4.69, 9.17) is 9.47 Å². The third-order valence-corrected chi connectivity index (χ3v) is 7.40. The summed E-state index contributed by atoms with van der Waals surface area (Å²) in [4.78, 5) is 38.9. The molecule has 2 aromatic carbocycles. The molecule has 2 amide bonds. The summed E-state index contributed by atoms with van der Waals surface area (Å²) in [6.07, 6.45) is -1.60. The van der Waals surface area contributed by atoms with Gasteiger partial charge in [0.2, 0.25) is 5.91 Å². The van der Waals surface area contributed by atoms with Gasteiger partial charge in [0.1, 0.15) is 12.6 Å². The zero-order valence-electron chi connectivity index (χ0n) is 19.3. The van der Waals surface area contributed by atoms with Gasteiger partial charge in [-0.1, -0.05) is 48.5 Å². The van der Waals surface area contributed by atoms with Crippen molar-refractivity contribution in [3.8, 4) is 11.1 Å². The second-order valence-corrected chi connectivity index (χ2v) is 9.66. The number of hydrogen-bond donors (Lipinski definition) is 3. The highest BCUT2D eigenvalue weighted by Crippen LogP contribution is 2.44. The Bertz CT molecular complexity index is 1120. The number of fused-ring (bicyclic) bond motifs is 3. The Morgan fingerprint density at radius 1 is 1.11 bits per heavy atom. The monoisotopic (exact) mass is 480 g/mol. The number of aliphatic carboxylic acids is 1. The number of benzene rings is 2. The van der Waals surface area contributed by atoms with Crippen LogP contribution in [0.2, 0.25) is 0 Å². The van der Waals surface area contributed by atoms with Gasteiger partial charge in [0, 0.05) is 18.9 Å². The molecule has 3 aliphatic rings. The van der Waals surface area contributed by atoms with Gasteiger partial charge in [-0.2, -0.15) is 0 Å². The van der Waals surface area contributed by atoms with Crippen molar-refractivity contribution in [3.05, 3.63) is 59.7 Å². The number of carbonyl (C=O) groups is 3. The highest BCUT2D eigenvalue weighted by atomic mass is 16.5. The Morgan fingerprint density at radius 2 is 1.74 bits per heavy atom. The minimum atomic E-state index is -1.18. The van der Waals surface area contributed by atoms with Crippen molar-refractivity contribution >= 4 is 18.0 Å². The molecule has 0 radical (unpaired) electrons. The summed E-state index contributed by atoms with van der Waals surface area (Å²) in [5.41, 5.74) is 3.26. The topological polar surface area (TPSA) is 125 Å². The van der Waals surface area contributed by atoms with Crippen LogP contribution in [0.5, 0.6) is 0 Å². The highest BCUT2D eigenvalue weighted by molar-refractivity contribution is 5.89. The molecule has 4 atom stereocenters. The first kappa shape index (κ1) is 23.3. The number of alkyl carbamates (subject to hydrolysis) is 1. The van der Waals surface area contributed by atoms with Crippen LogP contribution in [0.15, 0.2) is 48.5 Å². The van der Waals surface area contributed by atoms with E-state index in [-0.39, 0.29) is 38.7 Å². The number of likely N-dealkylation sites (tertiary alicyclic amines) is 1. The summed E-state index contributed by atoms with van der Waals surface area (Å²) < 4.78 is 11.1. The first-order valence-electron chi connectivity index (χ1n) is 11.7. The molecule has 9 nitrogen and oxygen atoms in total. The van der Waals surface area contributed by atoms with Gasteiger partial charge in [0.15, 0.2) is 0 Å². The Labute approximate surface area is 202 Å². The Hall–Kier alpha value is -3.43. The third kappa shape index (κ3) is 4.04. The molecule has 0 saturated carbocycles. The lowest BCUT2D eigenvalue weighted by Crippen LogP contribution is -2.56. The minimum Gasteiger partial charge on any atom is -0.480 e. The second-order valence-electron chi connectivity index (χ2n) is 9.66. The van der Waals surface area contributed by atoms with E-state index in [0.717, 1.165) is 22.3 Å². The zero-order chi connectivity index (χ0) is 24.7. The van der Waals surface area contributed by atoms with E-state index in [1.165, 1.54) is 4.90 Å². The number of carbonyl (C=O) groups excluding carboxylic acids is 2. The molecule has 2 aromatic rings. The lowest BCUT2D eigenvalue weighted by Gasteiger charge is -2.34. The van der Waals surface area contributed by atoms with Crippen molar-refractivity contribution < 1.29 is 34.1 Å². The molecule has 2 fully saturated rings. The molecule has 0 bridgehead atoms. The average molecular weight is 481 g/mol. The highest BCUT2D eigenvalue weighted by Gasteiger charge is 2.52. The van der Waals surface area contributed by atoms with Gasteiger partial charge in [0.25, 0.3) is 0 Å². The summed E-state index contributed by atoms with van der Waals surface area (Å²) in [6.45, 7) is 1.83.